The third-order valence-electron chi connectivity index (χ3n) is 4.49. The molecule has 2 saturated carbocycles. The van der Waals surface area contributed by atoms with E-state index in [0.29, 0.717) is 5.92 Å². The van der Waals surface area contributed by atoms with Crippen LogP contribution in [0, 0.1) is 17.4 Å². The van der Waals surface area contributed by atoms with Crippen LogP contribution in [0.15, 0.2) is 6.20 Å². The minimum Gasteiger partial charge on any atom is -0.337 e. The summed E-state index contributed by atoms with van der Waals surface area (Å²) in [5.41, 5.74) is 4.15. The highest BCUT2D eigenvalue weighted by Crippen LogP contribution is 2.37. The molecule has 0 unspecified atom stereocenters. The van der Waals surface area contributed by atoms with Crippen LogP contribution >= 0.6 is 11.3 Å². The third kappa shape index (κ3) is 4.70. The number of carbonyl (C=O) groups excluding carboxylic acids is 1. The van der Waals surface area contributed by atoms with E-state index in [4.69, 9.17) is 5.26 Å². The van der Waals surface area contributed by atoms with Gasteiger partial charge in [0.05, 0.1) is 0 Å². The van der Waals surface area contributed by atoms with E-state index in [1.807, 2.05) is 6.20 Å². The highest BCUT2D eigenvalue weighted by atomic mass is 32.1. The molecule has 1 heterocycles. The number of amides is 1. The molecule has 0 aromatic carbocycles. The van der Waals surface area contributed by atoms with Crippen molar-refractivity contribution in [3.8, 4) is 6.19 Å². The van der Waals surface area contributed by atoms with Gasteiger partial charge in [0.15, 0.2) is 11.3 Å². The lowest BCUT2D eigenvalue weighted by molar-refractivity contribution is -0.119. The predicted octanol–water partition coefficient (Wildman–Crippen LogP) is 3.75. The van der Waals surface area contributed by atoms with Gasteiger partial charge >= 0.3 is 0 Å². The van der Waals surface area contributed by atoms with Gasteiger partial charge in [-0.15, -0.1) is 11.3 Å². The first-order chi connectivity index (χ1) is 10.7. The number of nitriles is 1. The van der Waals surface area contributed by atoms with Gasteiger partial charge in [-0.1, -0.05) is 32.1 Å². The Hall–Kier alpha value is -1.61. The number of anilines is 1. The Kier molecular flexibility index (Phi) is 6.66. The van der Waals surface area contributed by atoms with Crippen LogP contribution in [-0.2, 0) is 4.79 Å². The maximum atomic E-state index is 12.1. The summed E-state index contributed by atoms with van der Waals surface area (Å²) in [5, 5.41) is 10.9. The van der Waals surface area contributed by atoms with Gasteiger partial charge in [0.25, 0.3) is 0 Å². The fourth-order valence-corrected chi connectivity index (χ4v) is 4.30. The van der Waals surface area contributed by atoms with Crippen LogP contribution in [0.1, 0.15) is 68.6 Å². The maximum Gasteiger partial charge on any atom is 0.229 e. The van der Waals surface area contributed by atoms with Gasteiger partial charge in [-0.2, -0.15) is 5.26 Å². The molecule has 0 bridgehead atoms. The summed E-state index contributed by atoms with van der Waals surface area (Å²) in [4.78, 5) is 17.8. The highest BCUT2D eigenvalue weighted by molar-refractivity contribution is 7.15. The Balaban J connectivity index is 0.000000545. The van der Waals surface area contributed by atoms with Crippen LogP contribution < -0.4 is 11.1 Å². The number of hydrogen-bond donors (Lipinski definition) is 2. The summed E-state index contributed by atoms with van der Waals surface area (Å²) in [6.45, 7) is 0. The Bertz CT molecular complexity index is 510. The molecule has 1 amide bonds. The lowest BCUT2D eigenvalue weighted by Gasteiger charge is -2.19. The minimum atomic E-state index is 0.182. The number of rotatable bonds is 3. The van der Waals surface area contributed by atoms with Crippen molar-refractivity contribution in [2.24, 2.45) is 11.7 Å². The molecule has 1 aromatic heterocycles. The van der Waals surface area contributed by atoms with Gasteiger partial charge < -0.3 is 11.1 Å². The molecule has 5 nitrogen and oxygen atoms in total. The summed E-state index contributed by atoms with van der Waals surface area (Å²) in [7, 11) is 0. The predicted molar refractivity (Wildman–Crippen MR) is 88.3 cm³/mol. The second-order valence-corrected chi connectivity index (χ2v) is 7.06. The highest BCUT2D eigenvalue weighted by Gasteiger charge is 2.24. The molecule has 120 valence electrons. The zero-order valence-corrected chi connectivity index (χ0v) is 13.7. The van der Waals surface area contributed by atoms with Gasteiger partial charge in [-0.05, 0) is 31.6 Å². The number of thiazole rings is 1. The molecule has 0 radical (unpaired) electrons. The first-order valence-corrected chi connectivity index (χ1v) is 8.92. The van der Waals surface area contributed by atoms with E-state index in [1.54, 1.807) is 11.3 Å². The van der Waals surface area contributed by atoms with E-state index in [9.17, 15) is 4.79 Å². The lowest BCUT2D eigenvalue weighted by Crippen LogP contribution is -2.19. The molecule has 0 saturated heterocycles. The quantitative estimate of drug-likeness (QED) is 0.655. The Morgan fingerprint density at radius 3 is 2.45 bits per heavy atom. The largest absolute Gasteiger partial charge is 0.337 e. The zero-order chi connectivity index (χ0) is 15.8. The summed E-state index contributed by atoms with van der Waals surface area (Å²) in [5.74, 6) is 1.09. The molecule has 2 aliphatic carbocycles. The summed E-state index contributed by atoms with van der Waals surface area (Å²) >= 11 is 1.68. The molecule has 22 heavy (non-hydrogen) atoms. The van der Waals surface area contributed by atoms with Crippen LogP contribution in [0.5, 0.6) is 0 Å². The second kappa shape index (κ2) is 8.74. The number of nitrogens with one attached hydrogen (secondary N) is 1. The van der Waals surface area contributed by atoms with Crippen molar-refractivity contribution in [1.29, 1.82) is 5.26 Å². The number of aromatic nitrogens is 1. The van der Waals surface area contributed by atoms with Crippen LogP contribution in [0.25, 0.3) is 0 Å². The van der Waals surface area contributed by atoms with Crippen molar-refractivity contribution >= 4 is 22.4 Å². The van der Waals surface area contributed by atoms with Gasteiger partial charge in [0.1, 0.15) is 0 Å². The van der Waals surface area contributed by atoms with Crippen molar-refractivity contribution in [1.82, 2.24) is 4.98 Å². The van der Waals surface area contributed by atoms with E-state index < -0.39 is 0 Å². The molecule has 3 rings (SSSR count). The average molecular weight is 320 g/mol. The van der Waals surface area contributed by atoms with Gasteiger partial charge in [0.2, 0.25) is 5.91 Å². The average Bonchev–Trinajstić information content (AvgIpc) is 3.20. The van der Waals surface area contributed by atoms with Crippen LogP contribution in [-0.4, -0.2) is 10.9 Å². The van der Waals surface area contributed by atoms with Gasteiger partial charge in [0, 0.05) is 17.0 Å². The molecule has 2 aliphatic rings. The van der Waals surface area contributed by atoms with Gasteiger partial charge in [-0.25, -0.2) is 4.98 Å². The Morgan fingerprint density at radius 1 is 1.23 bits per heavy atom. The molecular weight excluding hydrogens is 296 g/mol. The minimum absolute atomic E-state index is 0.182. The Morgan fingerprint density at radius 2 is 1.82 bits per heavy atom. The second-order valence-electron chi connectivity index (χ2n) is 6.00. The van der Waals surface area contributed by atoms with Crippen molar-refractivity contribution in [2.45, 2.75) is 63.7 Å². The molecule has 6 heteroatoms. The number of nitrogens with zero attached hydrogens (tertiary/aromatic N) is 2. The van der Waals surface area contributed by atoms with Crippen molar-refractivity contribution in [3.63, 3.8) is 0 Å². The number of nitrogens with two attached hydrogens (primary N) is 1. The third-order valence-corrected chi connectivity index (χ3v) is 5.56. The summed E-state index contributed by atoms with van der Waals surface area (Å²) in [6, 6.07) is 0. The van der Waals surface area contributed by atoms with Crippen molar-refractivity contribution < 1.29 is 4.79 Å². The Labute approximate surface area is 135 Å². The number of hydrogen-bond acceptors (Lipinski definition) is 5. The lowest BCUT2D eigenvalue weighted by atomic mass is 9.89. The van der Waals surface area contributed by atoms with E-state index in [1.165, 1.54) is 56.0 Å². The standard InChI is InChI=1S/C15H22N2OS.CH2N2/c18-14(12-8-4-5-9-12)17-15-16-10-13(19-15)11-6-2-1-3-7-11;2-1-3/h10-12H,1-9H2,(H,16,17,18);2H2. The van der Waals surface area contributed by atoms with Crippen LogP contribution in [0.4, 0.5) is 5.13 Å². The van der Waals surface area contributed by atoms with E-state index in [2.05, 4.69) is 16.0 Å². The van der Waals surface area contributed by atoms with Crippen LogP contribution in [0.3, 0.4) is 0 Å². The first-order valence-electron chi connectivity index (χ1n) is 8.11. The fraction of sp³-hybridized carbons (Fsp3) is 0.688. The molecule has 2 fully saturated rings. The van der Waals surface area contributed by atoms with E-state index in [-0.39, 0.29) is 11.8 Å². The molecule has 3 N–H and O–H groups in total. The molecule has 0 spiro atoms. The molecule has 0 atom stereocenters. The maximum absolute atomic E-state index is 12.1. The summed E-state index contributed by atoms with van der Waals surface area (Å²) < 4.78 is 0. The molecule has 0 aliphatic heterocycles. The zero-order valence-electron chi connectivity index (χ0n) is 12.9. The smallest absolute Gasteiger partial charge is 0.229 e. The molecule has 1 aromatic rings. The fourth-order valence-electron chi connectivity index (χ4n) is 3.32. The normalized spacial score (nSPS) is 19.0. The van der Waals surface area contributed by atoms with Gasteiger partial charge in [-0.3, -0.25) is 4.79 Å². The van der Waals surface area contributed by atoms with Crippen molar-refractivity contribution in [3.05, 3.63) is 11.1 Å². The summed E-state index contributed by atoms with van der Waals surface area (Å²) in [6.07, 6.45) is 14.4. The number of carbonyl (C=O) groups is 1. The van der Waals surface area contributed by atoms with Crippen molar-refractivity contribution in [2.75, 3.05) is 5.32 Å². The topological polar surface area (TPSA) is 91.8 Å². The first kappa shape index (κ1) is 16.8. The van der Waals surface area contributed by atoms with Crippen LogP contribution in [0.2, 0.25) is 0 Å². The van der Waals surface area contributed by atoms with E-state index in [0.717, 1.165) is 18.0 Å². The monoisotopic (exact) mass is 320 g/mol. The SMILES string of the molecule is N#CN.O=C(Nc1ncc(C2CCCCC2)s1)C1CCCC1. The molecular formula is C16H24N4OS. The van der Waals surface area contributed by atoms with E-state index >= 15 is 0 Å².